The van der Waals surface area contributed by atoms with E-state index in [1.54, 1.807) is 13.8 Å². The van der Waals surface area contributed by atoms with Crippen molar-refractivity contribution in [3.05, 3.63) is 17.0 Å². The molecule has 0 spiro atoms. The number of carbonyl (C=O) groups is 1. The number of rotatable bonds is 5. The Morgan fingerprint density at radius 2 is 2.06 bits per heavy atom. The SMILES string of the molecule is CC(C)NS(=O)(=O)Nc1ccc(C(=O)O)s1. The normalized spacial score (nSPS) is 11.7. The number of carboxylic acid groups (broad SMARTS) is 1. The highest BCUT2D eigenvalue weighted by molar-refractivity contribution is 7.91. The standard InChI is InChI=1S/C8H12N2O4S2/c1-5(2)9-16(13,14)10-7-4-3-6(15-7)8(11)12/h3-5,9-10H,1-2H3,(H,11,12). The van der Waals surface area contributed by atoms with Crippen LogP contribution in [0.5, 0.6) is 0 Å². The van der Waals surface area contributed by atoms with E-state index in [-0.39, 0.29) is 15.9 Å². The molecule has 0 radical (unpaired) electrons. The molecule has 0 atom stereocenters. The first-order valence-corrected chi connectivity index (χ1v) is 6.73. The van der Waals surface area contributed by atoms with E-state index in [1.165, 1.54) is 12.1 Å². The molecule has 1 aromatic heterocycles. The summed E-state index contributed by atoms with van der Waals surface area (Å²) in [5.41, 5.74) is 0. The topological polar surface area (TPSA) is 95.5 Å². The Labute approximate surface area is 97.5 Å². The Bertz CT molecular complexity index is 478. The number of hydrogen-bond acceptors (Lipinski definition) is 4. The molecular weight excluding hydrogens is 252 g/mol. The third kappa shape index (κ3) is 3.80. The summed E-state index contributed by atoms with van der Waals surface area (Å²) in [5, 5.41) is 8.93. The predicted octanol–water partition coefficient (Wildman–Crippen LogP) is 1.10. The van der Waals surface area contributed by atoms with Gasteiger partial charge in [0.15, 0.2) is 0 Å². The largest absolute Gasteiger partial charge is 0.477 e. The molecule has 1 aromatic rings. The lowest BCUT2D eigenvalue weighted by molar-refractivity contribution is 0.0702. The molecule has 0 aliphatic heterocycles. The van der Waals surface area contributed by atoms with Gasteiger partial charge in [0.25, 0.3) is 10.2 Å². The fourth-order valence-electron chi connectivity index (χ4n) is 0.980. The average molecular weight is 264 g/mol. The van der Waals surface area contributed by atoms with E-state index >= 15 is 0 Å². The smallest absolute Gasteiger partial charge is 0.345 e. The van der Waals surface area contributed by atoms with E-state index in [0.29, 0.717) is 0 Å². The second kappa shape index (κ2) is 4.81. The minimum Gasteiger partial charge on any atom is -0.477 e. The van der Waals surface area contributed by atoms with E-state index in [9.17, 15) is 13.2 Å². The monoisotopic (exact) mass is 264 g/mol. The van der Waals surface area contributed by atoms with Crippen molar-refractivity contribution in [2.75, 3.05) is 4.72 Å². The summed E-state index contributed by atoms with van der Waals surface area (Å²) in [5.74, 6) is -1.08. The van der Waals surface area contributed by atoms with Crippen LogP contribution in [0, 0.1) is 0 Å². The van der Waals surface area contributed by atoms with Crippen molar-refractivity contribution in [1.82, 2.24) is 4.72 Å². The molecule has 0 bridgehead atoms. The van der Waals surface area contributed by atoms with Crippen molar-refractivity contribution in [2.45, 2.75) is 19.9 Å². The first kappa shape index (κ1) is 12.9. The molecule has 0 aliphatic rings. The molecule has 0 amide bonds. The van der Waals surface area contributed by atoms with Crippen LogP contribution in [0.3, 0.4) is 0 Å². The minimum atomic E-state index is -3.63. The van der Waals surface area contributed by atoms with Crippen molar-refractivity contribution in [2.24, 2.45) is 0 Å². The summed E-state index contributed by atoms with van der Waals surface area (Å²) in [4.78, 5) is 10.7. The van der Waals surface area contributed by atoms with Crippen LogP contribution >= 0.6 is 11.3 Å². The molecule has 0 fully saturated rings. The van der Waals surface area contributed by atoms with Crippen LogP contribution in [0.2, 0.25) is 0 Å². The lowest BCUT2D eigenvalue weighted by Crippen LogP contribution is -2.34. The summed E-state index contributed by atoms with van der Waals surface area (Å²) in [6.45, 7) is 3.38. The summed E-state index contributed by atoms with van der Waals surface area (Å²) in [7, 11) is -3.63. The number of thiophene rings is 1. The fourth-order valence-corrected chi connectivity index (χ4v) is 3.08. The summed E-state index contributed by atoms with van der Waals surface area (Å²) >= 11 is 0.865. The molecule has 8 heteroatoms. The molecule has 0 unspecified atom stereocenters. The van der Waals surface area contributed by atoms with Gasteiger partial charge in [0.1, 0.15) is 9.88 Å². The third-order valence-corrected chi connectivity index (χ3v) is 3.83. The molecule has 3 N–H and O–H groups in total. The lowest BCUT2D eigenvalue weighted by Gasteiger charge is -2.09. The highest BCUT2D eigenvalue weighted by Gasteiger charge is 2.14. The molecule has 0 aromatic carbocycles. The van der Waals surface area contributed by atoms with Crippen molar-refractivity contribution in [3.63, 3.8) is 0 Å². The molecule has 6 nitrogen and oxygen atoms in total. The van der Waals surface area contributed by atoms with Crippen LogP contribution in [0.15, 0.2) is 12.1 Å². The molecule has 0 aliphatic carbocycles. The van der Waals surface area contributed by atoms with Crippen LogP contribution < -0.4 is 9.44 Å². The molecular formula is C8H12N2O4S2. The zero-order chi connectivity index (χ0) is 12.3. The number of anilines is 1. The van der Waals surface area contributed by atoms with Gasteiger partial charge in [-0.3, -0.25) is 4.72 Å². The van der Waals surface area contributed by atoms with Crippen molar-refractivity contribution in [3.8, 4) is 0 Å². The number of nitrogens with one attached hydrogen (secondary N) is 2. The van der Waals surface area contributed by atoms with E-state index in [1.807, 2.05) is 0 Å². The molecule has 1 heterocycles. The van der Waals surface area contributed by atoms with Gasteiger partial charge in [-0.05, 0) is 26.0 Å². The quantitative estimate of drug-likeness (QED) is 0.742. The van der Waals surface area contributed by atoms with Crippen molar-refractivity contribution >= 4 is 32.5 Å². The van der Waals surface area contributed by atoms with Gasteiger partial charge in [-0.25, -0.2) is 4.79 Å². The molecule has 90 valence electrons. The Hall–Kier alpha value is -1.12. The zero-order valence-corrected chi connectivity index (χ0v) is 10.4. The van der Waals surface area contributed by atoms with Crippen LogP contribution in [0.25, 0.3) is 0 Å². The maximum absolute atomic E-state index is 11.4. The van der Waals surface area contributed by atoms with Crippen molar-refractivity contribution < 1.29 is 18.3 Å². The van der Waals surface area contributed by atoms with Gasteiger partial charge in [0, 0.05) is 6.04 Å². The first-order chi connectivity index (χ1) is 7.30. The van der Waals surface area contributed by atoms with E-state index in [0.717, 1.165) is 11.3 Å². The van der Waals surface area contributed by atoms with Gasteiger partial charge >= 0.3 is 5.97 Å². The van der Waals surface area contributed by atoms with E-state index in [2.05, 4.69) is 9.44 Å². The Morgan fingerprint density at radius 1 is 1.44 bits per heavy atom. The molecule has 0 saturated heterocycles. The van der Waals surface area contributed by atoms with Crippen LogP contribution in [-0.4, -0.2) is 25.5 Å². The van der Waals surface area contributed by atoms with Gasteiger partial charge in [-0.1, -0.05) is 0 Å². The minimum absolute atomic E-state index is 0.0854. The fraction of sp³-hybridized carbons (Fsp3) is 0.375. The number of aromatic carboxylic acids is 1. The van der Waals surface area contributed by atoms with E-state index in [4.69, 9.17) is 5.11 Å². The molecule has 0 saturated carbocycles. The van der Waals surface area contributed by atoms with Crippen LogP contribution in [0.4, 0.5) is 5.00 Å². The summed E-state index contributed by atoms with van der Waals surface area (Å²) < 4.78 is 27.4. The van der Waals surface area contributed by atoms with E-state index < -0.39 is 16.2 Å². The van der Waals surface area contributed by atoms with Gasteiger partial charge in [0.05, 0.1) is 0 Å². The lowest BCUT2D eigenvalue weighted by atomic mass is 10.4. The summed E-state index contributed by atoms with van der Waals surface area (Å²) in [6.07, 6.45) is 0. The van der Waals surface area contributed by atoms with Gasteiger partial charge in [-0.2, -0.15) is 13.1 Å². The highest BCUT2D eigenvalue weighted by Crippen LogP contribution is 2.22. The second-order valence-electron chi connectivity index (χ2n) is 3.35. The average Bonchev–Trinajstić information content (AvgIpc) is 2.48. The van der Waals surface area contributed by atoms with Gasteiger partial charge in [0.2, 0.25) is 0 Å². The zero-order valence-electron chi connectivity index (χ0n) is 8.72. The van der Waals surface area contributed by atoms with Gasteiger partial charge < -0.3 is 5.11 Å². The maximum atomic E-state index is 11.4. The van der Waals surface area contributed by atoms with Crippen LogP contribution in [0.1, 0.15) is 23.5 Å². The van der Waals surface area contributed by atoms with Crippen LogP contribution in [-0.2, 0) is 10.2 Å². The van der Waals surface area contributed by atoms with Gasteiger partial charge in [-0.15, -0.1) is 11.3 Å². The highest BCUT2D eigenvalue weighted by atomic mass is 32.2. The Balaban J connectivity index is 2.77. The third-order valence-electron chi connectivity index (χ3n) is 1.44. The predicted molar refractivity (Wildman–Crippen MR) is 62.1 cm³/mol. The van der Waals surface area contributed by atoms with Crippen molar-refractivity contribution in [1.29, 1.82) is 0 Å². The Kier molecular flexibility index (Phi) is 3.89. The number of carboxylic acids is 1. The molecule has 16 heavy (non-hydrogen) atoms. The maximum Gasteiger partial charge on any atom is 0.345 e. The second-order valence-corrected chi connectivity index (χ2v) is 5.88. The molecule has 1 rings (SSSR count). The Morgan fingerprint density at radius 3 is 2.50 bits per heavy atom. The first-order valence-electron chi connectivity index (χ1n) is 4.43. The number of hydrogen-bond donors (Lipinski definition) is 3. The summed E-state index contributed by atoms with van der Waals surface area (Å²) in [6, 6.07) is 2.53.